The minimum atomic E-state index is 0.300. The zero-order chi connectivity index (χ0) is 11.1. The lowest BCUT2D eigenvalue weighted by Crippen LogP contribution is -1.99. The molecule has 0 saturated carbocycles. The maximum absolute atomic E-state index is 9.84. The van der Waals surface area contributed by atoms with E-state index in [4.69, 9.17) is 0 Å². The standard InChI is InChI=1S/C13H17NO/c1-3-7-13(15)12-10-14-9-6-5-8-11(12)4-2/h3-5,7-9,15H,6,10H2,1-2H3/b7-3+,8-5+,11-4-,13-12+,14-9?. The minimum absolute atomic E-state index is 0.300. The highest BCUT2D eigenvalue weighted by atomic mass is 16.3. The molecule has 1 heterocycles. The van der Waals surface area contributed by atoms with Gasteiger partial charge in [0.1, 0.15) is 5.76 Å². The third-order valence-corrected chi connectivity index (χ3v) is 2.21. The van der Waals surface area contributed by atoms with E-state index < -0.39 is 0 Å². The Morgan fingerprint density at radius 1 is 1.47 bits per heavy atom. The summed E-state index contributed by atoms with van der Waals surface area (Å²) in [7, 11) is 0. The third kappa shape index (κ3) is 3.24. The van der Waals surface area contributed by atoms with E-state index in [1.807, 2.05) is 44.4 Å². The van der Waals surface area contributed by atoms with Crippen LogP contribution in [0.25, 0.3) is 0 Å². The summed E-state index contributed by atoms with van der Waals surface area (Å²) in [5, 5.41) is 9.84. The normalized spacial score (nSPS) is 25.3. The van der Waals surface area contributed by atoms with Gasteiger partial charge in [-0.1, -0.05) is 24.3 Å². The molecule has 1 rings (SSSR count). The number of hydrogen-bond acceptors (Lipinski definition) is 2. The van der Waals surface area contributed by atoms with Gasteiger partial charge < -0.3 is 5.11 Å². The highest BCUT2D eigenvalue weighted by molar-refractivity contribution is 5.62. The van der Waals surface area contributed by atoms with E-state index in [0.717, 1.165) is 17.6 Å². The molecule has 1 N–H and O–H groups in total. The van der Waals surface area contributed by atoms with Gasteiger partial charge >= 0.3 is 0 Å². The van der Waals surface area contributed by atoms with Crippen LogP contribution < -0.4 is 0 Å². The maximum atomic E-state index is 9.84. The number of rotatable bonds is 1. The van der Waals surface area contributed by atoms with E-state index in [1.54, 1.807) is 6.08 Å². The van der Waals surface area contributed by atoms with Crippen molar-refractivity contribution >= 4 is 6.21 Å². The molecule has 0 unspecified atom stereocenters. The molecule has 0 spiro atoms. The van der Waals surface area contributed by atoms with Gasteiger partial charge in [-0.15, -0.1) is 0 Å². The van der Waals surface area contributed by atoms with Crippen LogP contribution >= 0.6 is 0 Å². The Balaban J connectivity index is 3.11. The van der Waals surface area contributed by atoms with Gasteiger partial charge in [-0.05, 0) is 25.5 Å². The first-order valence-electron chi connectivity index (χ1n) is 5.16. The number of hydrogen-bond donors (Lipinski definition) is 1. The molecule has 80 valence electrons. The number of nitrogens with zero attached hydrogens (tertiary/aromatic N) is 1. The van der Waals surface area contributed by atoms with E-state index in [1.165, 1.54) is 0 Å². The quantitative estimate of drug-likeness (QED) is 0.651. The van der Waals surface area contributed by atoms with Crippen LogP contribution in [0, 0.1) is 0 Å². The lowest BCUT2D eigenvalue weighted by molar-refractivity contribution is 0.426. The summed E-state index contributed by atoms with van der Waals surface area (Å²) in [6.45, 7) is 4.39. The van der Waals surface area contributed by atoms with Gasteiger partial charge in [-0.2, -0.15) is 0 Å². The second-order valence-electron chi connectivity index (χ2n) is 3.27. The molecule has 1 aliphatic heterocycles. The lowest BCUT2D eigenvalue weighted by Gasteiger charge is -2.09. The van der Waals surface area contributed by atoms with Crippen molar-refractivity contribution in [2.75, 3.05) is 6.54 Å². The summed E-state index contributed by atoms with van der Waals surface area (Å²) in [5.41, 5.74) is 1.92. The molecule has 0 aromatic carbocycles. The first-order chi connectivity index (χ1) is 7.29. The topological polar surface area (TPSA) is 32.6 Å². The third-order valence-electron chi connectivity index (χ3n) is 2.21. The zero-order valence-electron chi connectivity index (χ0n) is 9.27. The smallest absolute Gasteiger partial charge is 0.120 e. The van der Waals surface area contributed by atoms with E-state index in [0.29, 0.717) is 12.3 Å². The molecule has 0 aliphatic carbocycles. The molecule has 0 aromatic heterocycles. The molecule has 0 aromatic rings. The number of aliphatic imine (C=N–C) groups is 1. The predicted molar refractivity (Wildman–Crippen MR) is 65.3 cm³/mol. The maximum Gasteiger partial charge on any atom is 0.120 e. The Morgan fingerprint density at radius 3 is 2.93 bits per heavy atom. The summed E-state index contributed by atoms with van der Waals surface area (Å²) in [6.07, 6.45) is 12.3. The van der Waals surface area contributed by atoms with E-state index >= 15 is 0 Å². The average molecular weight is 203 g/mol. The van der Waals surface area contributed by atoms with E-state index in [-0.39, 0.29) is 0 Å². The molecule has 1 aliphatic rings. The van der Waals surface area contributed by atoms with Crippen molar-refractivity contribution in [1.82, 2.24) is 0 Å². The van der Waals surface area contributed by atoms with E-state index in [9.17, 15) is 5.11 Å². The Kier molecular flexibility index (Phi) is 4.61. The predicted octanol–water partition coefficient (Wildman–Crippen LogP) is 3.35. The number of aliphatic hydroxyl groups excluding tert-OH is 1. The molecule has 0 bridgehead atoms. The first-order valence-corrected chi connectivity index (χ1v) is 5.16. The van der Waals surface area contributed by atoms with Crippen LogP contribution in [0.4, 0.5) is 0 Å². The monoisotopic (exact) mass is 203 g/mol. The van der Waals surface area contributed by atoms with Gasteiger partial charge in [0.05, 0.1) is 6.54 Å². The second kappa shape index (κ2) is 6.02. The molecular weight excluding hydrogens is 186 g/mol. The van der Waals surface area contributed by atoms with Crippen LogP contribution in [0.5, 0.6) is 0 Å². The van der Waals surface area contributed by atoms with Crippen molar-refractivity contribution in [2.45, 2.75) is 20.3 Å². The van der Waals surface area contributed by atoms with Crippen molar-refractivity contribution in [2.24, 2.45) is 4.99 Å². The fraction of sp³-hybridized carbons (Fsp3) is 0.308. The summed E-state index contributed by atoms with van der Waals surface area (Å²) in [4.78, 5) is 4.24. The van der Waals surface area contributed by atoms with Crippen LogP contribution in [-0.2, 0) is 0 Å². The molecule has 0 fully saturated rings. The molecule has 0 atom stereocenters. The van der Waals surface area contributed by atoms with Gasteiger partial charge in [-0.25, -0.2) is 0 Å². The number of allylic oxidation sites excluding steroid dienone is 5. The molecule has 0 radical (unpaired) electrons. The van der Waals surface area contributed by atoms with Crippen molar-refractivity contribution in [1.29, 1.82) is 0 Å². The van der Waals surface area contributed by atoms with Crippen LogP contribution in [-0.4, -0.2) is 17.9 Å². The van der Waals surface area contributed by atoms with E-state index in [2.05, 4.69) is 4.99 Å². The summed E-state index contributed by atoms with van der Waals surface area (Å²) in [6, 6.07) is 0. The Morgan fingerprint density at radius 2 is 2.27 bits per heavy atom. The van der Waals surface area contributed by atoms with Gasteiger partial charge in [0.15, 0.2) is 0 Å². The molecule has 2 nitrogen and oxygen atoms in total. The molecule has 0 saturated heterocycles. The molecule has 15 heavy (non-hydrogen) atoms. The lowest BCUT2D eigenvalue weighted by atomic mass is 10.0. The summed E-state index contributed by atoms with van der Waals surface area (Å²) >= 11 is 0. The summed E-state index contributed by atoms with van der Waals surface area (Å²) < 4.78 is 0. The number of aliphatic hydroxyl groups is 1. The van der Waals surface area contributed by atoms with Gasteiger partial charge in [-0.3, -0.25) is 4.99 Å². The summed E-state index contributed by atoms with van der Waals surface area (Å²) in [5.74, 6) is 0.300. The van der Waals surface area contributed by atoms with Crippen molar-refractivity contribution in [3.05, 3.63) is 47.3 Å². The molecule has 2 heteroatoms. The van der Waals surface area contributed by atoms with Gasteiger partial charge in [0, 0.05) is 18.2 Å². The molecular formula is C13H17NO. The van der Waals surface area contributed by atoms with Gasteiger partial charge in [0.25, 0.3) is 0 Å². The Labute approximate surface area is 91.0 Å². The minimum Gasteiger partial charge on any atom is -0.508 e. The SMILES string of the molecule is C/C=C1/C=C/CC=NC/C1=C(O)/C=C/C. The Hall–Kier alpha value is -1.57. The second-order valence-corrected chi connectivity index (χ2v) is 3.27. The zero-order valence-corrected chi connectivity index (χ0v) is 9.27. The highest BCUT2D eigenvalue weighted by Crippen LogP contribution is 2.18. The average Bonchev–Trinajstić information content (AvgIpc) is 2.18. The van der Waals surface area contributed by atoms with Crippen molar-refractivity contribution in [3.63, 3.8) is 0 Å². The van der Waals surface area contributed by atoms with Crippen LogP contribution in [0.1, 0.15) is 20.3 Å². The van der Waals surface area contributed by atoms with Crippen molar-refractivity contribution in [3.8, 4) is 0 Å². The van der Waals surface area contributed by atoms with Gasteiger partial charge in [0.2, 0.25) is 0 Å². The van der Waals surface area contributed by atoms with Crippen molar-refractivity contribution < 1.29 is 5.11 Å². The fourth-order valence-electron chi connectivity index (χ4n) is 1.44. The van der Waals surface area contributed by atoms with Crippen LogP contribution in [0.3, 0.4) is 0 Å². The Bertz CT molecular complexity index is 357. The largest absolute Gasteiger partial charge is 0.508 e. The first kappa shape index (κ1) is 11.5. The molecule has 0 amide bonds. The highest BCUT2D eigenvalue weighted by Gasteiger charge is 2.07. The van der Waals surface area contributed by atoms with Crippen LogP contribution in [0.15, 0.2) is 52.3 Å². The fourth-order valence-corrected chi connectivity index (χ4v) is 1.44. The van der Waals surface area contributed by atoms with Crippen LogP contribution in [0.2, 0.25) is 0 Å².